The number of nitrogens with one attached hydrogen (secondary N) is 1. The maximum absolute atomic E-state index is 13.7. The number of hydrogen-bond acceptors (Lipinski definition) is 5. The number of anilines is 1. The Kier molecular flexibility index (Phi) is 5.50. The van der Waals surface area contributed by atoms with Crippen molar-refractivity contribution in [3.63, 3.8) is 0 Å². The van der Waals surface area contributed by atoms with Crippen LogP contribution in [0, 0.1) is 24.4 Å². The maximum Gasteiger partial charge on any atom is 0.277 e. The summed E-state index contributed by atoms with van der Waals surface area (Å²) in [6, 6.07) is 9.15. The molecule has 1 amide bonds. The summed E-state index contributed by atoms with van der Waals surface area (Å²) in [5.41, 5.74) is 1.38. The Labute approximate surface area is 157 Å². The number of nitrogens with zero attached hydrogens (tertiary/aromatic N) is 2. The van der Waals surface area contributed by atoms with E-state index in [0.29, 0.717) is 5.89 Å². The van der Waals surface area contributed by atoms with Gasteiger partial charge >= 0.3 is 0 Å². The van der Waals surface area contributed by atoms with Gasteiger partial charge in [-0.2, -0.15) is 0 Å². The Bertz CT molecular complexity index is 976. The first-order valence-corrected chi connectivity index (χ1v) is 8.74. The number of aromatic nitrogens is 2. The van der Waals surface area contributed by atoms with Crippen LogP contribution in [0.3, 0.4) is 0 Å². The number of aryl methyl sites for hydroxylation is 1. The van der Waals surface area contributed by atoms with Crippen molar-refractivity contribution in [3.8, 4) is 11.5 Å². The summed E-state index contributed by atoms with van der Waals surface area (Å²) in [5, 5.41) is 9.41. The van der Waals surface area contributed by atoms with Crippen LogP contribution in [0.5, 0.6) is 0 Å². The predicted molar refractivity (Wildman–Crippen MR) is 94.7 cm³/mol. The Morgan fingerprint density at radius 3 is 2.48 bits per heavy atom. The second kappa shape index (κ2) is 7.83. The molecular formula is C18H14F3N3O2S. The summed E-state index contributed by atoms with van der Waals surface area (Å²) in [4.78, 5) is 12.2. The normalized spacial score (nSPS) is 12.0. The number of rotatable bonds is 5. The minimum atomic E-state index is -1.65. The van der Waals surface area contributed by atoms with E-state index in [4.69, 9.17) is 4.42 Å². The van der Waals surface area contributed by atoms with E-state index in [-0.39, 0.29) is 5.22 Å². The SMILES string of the molecule is Cc1ccc(-c2nnc(S[C@H](C)C(=O)Nc3ccc(F)c(F)c3F)o2)cc1. The lowest BCUT2D eigenvalue weighted by molar-refractivity contribution is -0.115. The van der Waals surface area contributed by atoms with Gasteiger partial charge in [0.2, 0.25) is 11.8 Å². The lowest BCUT2D eigenvalue weighted by Crippen LogP contribution is -2.23. The fourth-order valence-electron chi connectivity index (χ4n) is 2.13. The van der Waals surface area contributed by atoms with Crippen LogP contribution >= 0.6 is 11.8 Å². The molecule has 0 aliphatic carbocycles. The van der Waals surface area contributed by atoms with E-state index in [1.54, 1.807) is 0 Å². The summed E-state index contributed by atoms with van der Waals surface area (Å²) < 4.78 is 45.4. The van der Waals surface area contributed by atoms with Gasteiger partial charge in [0.05, 0.1) is 10.9 Å². The molecule has 2 aromatic carbocycles. The molecule has 9 heteroatoms. The van der Waals surface area contributed by atoms with Gasteiger partial charge in [0.25, 0.3) is 5.22 Å². The third-order valence-electron chi connectivity index (χ3n) is 3.64. The first kappa shape index (κ1) is 19.0. The van der Waals surface area contributed by atoms with E-state index >= 15 is 0 Å². The Balaban J connectivity index is 1.67. The van der Waals surface area contributed by atoms with Crippen LogP contribution in [0.4, 0.5) is 18.9 Å². The van der Waals surface area contributed by atoms with Crippen LogP contribution in [0.2, 0.25) is 0 Å². The Hall–Kier alpha value is -2.81. The van der Waals surface area contributed by atoms with Gasteiger partial charge in [-0.1, -0.05) is 29.5 Å². The molecule has 0 fully saturated rings. The summed E-state index contributed by atoms with van der Waals surface area (Å²) in [7, 11) is 0. The molecule has 0 saturated carbocycles. The lowest BCUT2D eigenvalue weighted by Gasteiger charge is -2.11. The molecule has 0 aliphatic heterocycles. The number of carbonyl (C=O) groups is 1. The van der Waals surface area contributed by atoms with Crippen molar-refractivity contribution in [1.82, 2.24) is 10.2 Å². The van der Waals surface area contributed by atoms with Crippen molar-refractivity contribution in [2.45, 2.75) is 24.3 Å². The summed E-state index contributed by atoms with van der Waals surface area (Å²) >= 11 is 0.960. The smallest absolute Gasteiger partial charge is 0.277 e. The van der Waals surface area contributed by atoms with Gasteiger partial charge in [-0.05, 0) is 38.1 Å². The highest BCUT2D eigenvalue weighted by Crippen LogP contribution is 2.27. The summed E-state index contributed by atoms with van der Waals surface area (Å²) in [5.74, 6) is -4.76. The van der Waals surface area contributed by atoms with Gasteiger partial charge in [0.15, 0.2) is 17.5 Å². The molecule has 1 atom stereocenters. The number of halogens is 3. The van der Waals surface area contributed by atoms with Crippen molar-refractivity contribution < 1.29 is 22.4 Å². The molecule has 1 N–H and O–H groups in total. The highest BCUT2D eigenvalue weighted by molar-refractivity contribution is 8.00. The standard InChI is InChI=1S/C18H14F3N3O2S/c1-9-3-5-11(6-4-9)17-23-24-18(26-17)27-10(2)16(25)22-13-8-7-12(19)14(20)15(13)21/h3-8,10H,1-2H3,(H,22,25)/t10-/m1/s1. The molecule has 0 aliphatic rings. The van der Waals surface area contributed by atoms with Gasteiger partial charge in [0.1, 0.15) is 0 Å². The lowest BCUT2D eigenvalue weighted by atomic mass is 10.1. The molecular weight excluding hydrogens is 379 g/mol. The first-order chi connectivity index (χ1) is 12.8. The first-order valence-electron chi connectivity index (χ1n) is 7.86. The highest BCUT2D eigenvalue weighted by Gasteiger charge is 2.21. The molecule has 3 rings (SSSR count). The topological polar surface area (TPSA) is 68.0 Å². The van der Waals surface area contributed by atoms with Crippen molar-refractivity contribution in [3.05, 3.63) is 59.4 Å². The van der Waals surface area contributed by atoms with Crippen LogP contribution in [0.15, 0.2) is 46.0 Å². The van der Waals surface area contributed by atoms with Crippen LogP contribution < -0.4 is 5.32 Å². The Morgan fingerprint density at radius 1 is 1.07 bits per heavy atom. The average Bonchev–Trinajstić information content (AvgIpc) is 3.11. The minimum Gasteiger partial charge on any atom is -0.411 e. The number of amides is 1. The molecule has 3 aromatic rings. The quantitative estimate of drug-likeness (QED) is 0.508. The zero-order valence-electron chi connectivity index (χ0n) is 14.3. The monoisotopic (exact) mass is 393 g/mol. The van der Waals surface area contributed by atoms with Crippen molar-refractivity contribution in [2.24, 2.45) is 0 Å². The Morgan fingerprint density at radius 2 is 1.78 bits per heavy atom. The molecule has 27 heavy (non-hydrogen) atoms. The van der Waals surface area contributed by atoms with Crippen molar-refractivity contribution in [1.29, 1.82) is 0 Å². The molecule has 0 bridgehead atoms. The van der Waals surface area contributed by atoms with Crippen LogP contribution in [-0.4, -0.2) is 21.4 Å². The number of carbonyl (C=O) groups excluding carboxylic acids is 1. The van der Waals surface area contributed by atoms with Gasteiger partial charge in [0, 0.05) is 5.56 Å². The fourth-order valence-corrected chi connectivity index (χ4v) is 2.82. The highest BCUT2D eigenvalue weighted by atomic mass is 32.2. The van der Waals surface area contributed by atoms with Crippen molar-refractivity contribution >= 4 is 23.4 Å². The molecule has 140 valence electrons. The molecule has 1 aromatic heterocycles. The molecule has 0 saturated heterocycles. The van der Waals surface area contributed by atoms with E-state index < -0.39 is 34.3 Å². The van der Waals surface area contributed by atoms with E-state index in [1.165, 1.54) is 6.92 Å². The second-order valence-electron chi connectivity index (χ2n) is 5.71. The van der Waals surface area contributed by atoms with Gasteiger partial charge in [-0.15, -0.1) is 10.2 Å². The fraction of sp³-hybridized carbons (Fsp3) is 0.167. The van der Waals surface area contributed by atoms with Crippen molar-refractivity contribution in [2.75, 3.05) is 5.32 Å². The average molecular weight is 393 g/mol. The number of hydrogen-bond donors (Lipinski definition) is 1. The summed E-state index contributed by atoms with van der Waals surface area (Å²) in [6.45, 7) is 3.49. The summed E-state index contributed by atoms with van der Waals surface area (Å²) in [6.07, 6.45) is 0. The van der Waals surface area contributed by atoms with E-state index in [0.717, 1.165) is 35.0 Å². The second-order valence-corrected chi connectivity index (χ2v) is 7.00. The van der Waals surface area contributed by atoms with Gasteiger partial charge < -0.3 is 9.73 Å². The third-order valence-corrected chi connectivity index (χ3v) is 4.58. The molecule has 0 unspecified atom stereocenters. The maximum atomic E-state index is 13.7. The third kappa shape index (κ3) is 4.30. The molecule has 0 spiro atoms. The molecule has 1 heterocycles. The van der Waals surface area contributed by atoms with Crippen LogP contribution in [-0.2, 0) is 4.79 Å². The zero-order valence-corrected chi connectivity index (χ0v) is 15.1. The van der Waals surface area contributed by atoms with Crippen LogP contribution in [0.25, 0.3) is 11.5 Å². The number of benzene rings is 2. The van der Waals surface area contributed by atoms with Crippen LogP contribution in [0.1, 0.15) is 12.5 Å². The molecule has 5 nitrogen and oxygen atoms in total. The van der Waals surface area contributed by atoms with E-state index in [1.807, 2.05) is 31.2 Å². The van der Waals surface area contributed by atoms with E-state index in [9.17, 15) is 18.0 Å². The zero-order chi connectivity index (χ0) is 19.6. The number of thioether (sulfide) groups is 1. The van der Waals surface area contributed by atoms with E-state index in [2.05, 4.69) is 15.5 Å². The van der Waals surface area contributed by atoms with Gasteiger partial charge in [-0.3, -0.25) is 4.79 Å². The minimum absolute atomic E-state index is 0.152. The largest absolute Gasteiger partial charge is 0.411 e. The van der Waals surface area contributed by atoms with Gasteiger partial charge in [-0.25, -0.2) is 13.2 Å². The predicted octanol–water partition coefficient (Wildman–Crippen LogP) is 4.58. The molecule has 0 radical (unpaired) electrons.